The number of likely N-dealkylation sites (tertiary alicyclic amines) is 1. The first-order chi connectivity index (χ1) is 7.36. The molecule has 1 saturated heterocycles. The van der Waals surface area contributed by atoms with Crippen molar-refractivity contribution in [2.75, 3.05) is 46.9 Å². The molecule has 1 rings (SSSR count). The lowest BCUT2D eigenvalue weighted by Gasteiger charge is -2.31. The summed E-state index contributed by atoms with van der Waals surface area (Å²) < 4.78 is 5.05. The molecule has 0 bridgehead atoms. The van der Waals surface area contributed by atoms with Gasteiger partial charge in [0.2, 0.25) is 0 Å². The zero-order valence-corrected chi connectivity index (χ0v) is 10.3. The van der Waals surface area contributed by atoms with Crippen molar-refractivity contribution in [3.63, 3.8) is 0 Å². The Morgan fingerprint density at radius 3 is 2.60 bits per heavy atom. The fourth-order valence-electron chi connectivity index (χ4n) is 2.28. The van der Waals surface area contributed by atoms with Crippen LogP contribution in [0.25, 0.3) is 0 Å². The van der Waals surface area contributed by atoms with Gasteiger partial charge in [-0.3, -0.25) is 0 Å². The Bertz CT molecular complexity index is 142. The average Bonchev–Trinajstić information content (AvgIpc) is 2.27. The van der Waals surface area contributed by atoms with Crippen molar-refractivity contribution >= 4 is 0 Å². The van der Waals surface area contributed by atoms with Crippen molar-refractivity contribution in [1.82, 2.24) is 10.2 Å². The second kappa shape index (κ2) is 8.08. The summed E-state index contributed by atoms with van der Waals surface area (Å²) in [5, 5.41) is 3.28. The van der Waals surface area contributed by atoms with Gasteiger partial charge in [-0.25, -0.2) is 0 Å². The molecule has 0 unspecified atom stereocenters. The van der Waals surface area contributed by atoms with Crippen LogP contribution >= 0.6 is 0 Å². The Kier molecular flexibility index (Phi) is 6.98. The lowest BCUT2D eigenvalue weighted by Crippen LogP contribution is -2.37. The Labute approximate surface area is 94.2 Å². The van der Waals surface area contributed by atoms with E-state index in [0.29, 0.717) is 0 Å². The number of methoxy groups -OCH3 is 1. The second-order valence-corrected chi connectivity index (χ2v) is 4.54. The topological polar surface area (TPSA) is 24.5 Å². The number of ether oxygens (including phenoxy) is 1. The molecule has 0 aromatic rings. The van der Waals surface area contributed by atoms with Crippen LogP contribution in [0.15, 0.2) is 0 Å². The van der Waals surface area contributed by atoms with E-state index in [2.05, 4.69) is 17.3 Å². The fraction of sp³-hybridized carbons (Fsp3) is 1.00. The minimum Gasteiger partial charge on any atom is -0.385 e. The standard InChI is InChI=1S/C12H26N2O/c1-13-11-12-5-8-14(9-6-12)7-3-4-10-15-2/h12-13H,3-11H2,1-2H3. The molecule has 0 spiro atoms. The van der Waals surface area contributed by atoms with Crippen LogP contribution in [-0.2, 0) is 4.74 Å². The molecule has 1 fully saturated rings. The highest BCUT2D eigenvalue weighted by Crippen LogP contribution is 2.16. The van der Waals surface area contributed by atoms with Gasteiger partial charge in [0.05, 0.1) is 0 Å². The first kappa shape index (κ1) is 12.9. The Morgan fingerprint density at radius 2 is 2.00 bits per heavy atom. The Balaban J connectivity index is 1.99. The van der Waals surface area contributed by atoms with Gasteiger partial charge in [0.15, 0.2) is 0 Å². The van der Waals surface area contributed by atoms with Gasteiger partial charge in [0, 0.05) is 13.7 Å². The van der Waals surface area contributed by atoms with Crippen LogP contribution in [0.1, 0.15) is 25.7 Å². The number of unbranched alkanes of at least 4 members (excludes halogenated alkanes) is 1. The van der Waals surface area contributed by atoms with Crippen LogP contribution < -0.4 is 5.32 Å². The smallest absolute Gasteiger partial charge is 0.0462 e. The van der Waals surface area contributed by atoms with Gasteiger partial charge in [-0.05, 0) is 64.8 Å². The maximum atomic E-state index is 5.05. The summed E-state index contributed by atoms with van der Waals surface area (Å²) in [6, 6.07) is 0. The molecule has 15 heavy (non-hydrogen) atoms. The second-order valence-electron chi connectivity index (χ2n) is 4.54. The predicted octanol–water partition coefficient (Wildman–Crippen LogP) is 1.34. The van der Waals surface area contributed by atoms with Gasteiger partial charge in [-0.2, -0.15) is 0 Å². The van der Waals surface area contributed by atoms with Crippen molar-refractivity contribution in [3.05, 3.63) is 0 Å². The molecule has 0 aliphatic carbocycles. The molecule has 0 aromatic heterocycles. The van der Waals surface area contributed by atoms with Crippen molar-refractivity contribution in [1.29, 1.82) is 0 Å². The number of piperidine rings is 1. The van der Waals surface area contributed by atoms with Gasteiger partial charge < -0.3 is 15.0 Å². The van der Waals surface area contributed by atoms with E-state index in [4.69, 9.17) is 4.74 Å². The molecule has 90 valence electrons. The molecule has 1 heterocycles. The maximum absolute atomic E-state index is 5.05. The van der Waals surface area contributed by atoms with Crippen molar-refractivity contribution in [2.24, 2.45) is 5.92 Å². The summed E-state index contributed by atoms with van der Waals surface area (Å²) in [6.45, 7) is 5.95. The summed E-state index contributed by atoms with van der Waals surface area (Å²) in [5.41, 5.74) is 0. The van der Waals surface area contributed by atoms with Crippen molar-refractivity contribution < 1.29 is 4.74 Å². The number of nitrogens with one attached hydrogen (secondary N) is 1. The zero-order valence-electron chi connectivity index (χ0n) is 10.3. The lowest BCUT2D eigenvalue weighted by molar-refractivity contribution is 0.162. The minimum absolute atomic E-state index is 0.908. The van der Waals surface area contributed by atoms with E-state index in [1.54, 1.807) is 7.11 Å². The highest BCUT2D eigenvalue weighted by molar-refractivity contribution is 4.73. The lowest BCUT2D eigenvalue weighted by atomic mass is 9.97. The molecule has 1 N–H and O–H groups in total. The molecule has 0 aromatic carbocycles. The maximum Gasteiger partial charge on any atom is 0.0462 e. The normalized spacial score (nSPS) is 19.6. The van der Waals surface area contributed by atoms with Gasteiger partial charge in [-0.1, -0.05) is 0 Å². The van der Waals surface area contributed by atoms with Gasteiger partial charge in [0.25, 0.3) is 0 Å². The van der Waals surface area contributed by atoms with Crippen molar-refractivity contribution in [3.8, 4) is 0 Å². The van der Waals surface area contributed by atoms with E-state index in [-0.39, 0.29) is 0 Å². The highest BCUT2D eigenvalue weighted by Gasteiger charge is 2.17. The van der Waals surface area contributed by atoms with E-state index in [9.17, 15) is 0 Å². The third-order valence-corrected chi connectivity index (χ3v) is 3.27. The summed E-state index contributed by atoms with van der Waals surface area (Å²) in [7, 11) is 3.83. The van der Waals surface area contributed by atoms with E-state index in [0.717, 1.165) is 12.5 Å². The first-order valence-corrected chi connectivity index (χ1v) is 6.22. The molecule has 0 saturated carbocycles. The van der Waals surface area contributed by atoms with Crippen LogP contribution in [-0.4, -0.2) is 51.8 Å². The SMILES string of the molecule is CNCC1CCN(CCCCOC)CC1. The molecule has 1 aliphatic rings. The van der Waals surface area contributed by atoms with Gasteiger partial charge in [-0.15, -0.1) is 0 Å². The summed E-state index contributed by atoms with van der Waals surface area (Å²) in [5.74, 6) is 0.908. The van der Waals surface area contributed by atoms with E-state index in [1.807, 2.05) is 0 Å². The number of rotatable bonds is 7. The summed E-state index contributed by atoms with van der Waals surface area (Å²) in [6.07, 6.45) is 5.22. The van der Waals surface area contributed by atoms with Crippen LogP contribution in [0.5, 0.6) is 0 Å². The van der Waals surface area contributed by atoms with Gasteiger partial charge in [0.1, 0.15) is 0 Å². The van der Waals surface area contributed by atoms with Crippen LogP contribution in [0.2, 0.25) is 0 Å². The Hall–Kier alpha value is -0.120. The Morgan fingerprint density at radius 1 is 1.27 bits per heavy atom. The number of hydrogen-bond donors (Lipinski definition) is 1. The molecule has 0 atom stereocenters. The molecular weight excluding hydrogens is 188 g/mol. The highest BCUT2D eigenvalue weighted by atomic mass is 16.5. The largest absolute Gasteiger partial charge is 0.385 e. The molecule has 3 nitrogen and oxygen atoms in total. The van der Waals surface area contributed by atoms with E-state index < -0.39 is 0 Å². The van der Waals surface area contributed by atoms with Crippen LogP contribution in [0.4, 0.5) is 0 Å². The van der Waals surface area contributed by atoms with Crippen LogP contribution in [0.3, 0.4) is 0 Å². The quantitative estimate of drug-likeness (QED) is 0.647. The predicted molar refractivity (Wildman–Crippen MR) is 64.2 cm³/mol. The van der Waals surface area contributed by atoms with E-state index in [1.165, 1.54) is 51.9 Å². The van der Waals surface area contributed by atoms with Crippen molar-refractivity contribution in [2.45, 2.75) is 25.7 Å². The fourth-order valence-corrected chi connectivity index (χ4v) is 2.28. The zero-order chi connectivity index (χ0) is 10.9. The monoisotopic (exact) mass is 214 g/mol. The minimum atomic E-state index is 0.908. The molecule has 3 heteroatoms. The number of hydrogen-bond acceptors (Lipinski definition) is 3. The third-order valence-electron chi connectivity index (χ3n) is 3.27. The summed E-state index contributed by atoms with van der Waals surface area (Å²) >= 11 is 0. The molecular formula is C12H26N2O. The average molecular weight is 214 g/mol. The van der Waals surface area contributed by atoms with Gasteiger partial charge >= 0.3 is 0 Å². The number of nitrogens with zero attached hydrogens (tertiary/aromatic N) is 1. The van der Waals surface area contributed by atoms with E-state index >= 15 is 0 Å². The van der Waals surface area contributed by atoms with Crippen LogP contribution in [0, 0.1) is 5.92 Å². The molecule has 0 amide bonds. The molecule has 1 aliphatic heterocycles. The molecule has 0 radical (unpaired) electrons. The summed E-state index contributed by atoms with van der Waals surface area (Å²) in [4.78, 5) is 2.60. The first-order valence-electron chi connectivity index (χ1n) is 6.22. The third kappa shape index (κ3) is 5.50.